The number of halogens is 2. The molecule has 1 aromatic carbocycles. The molecule has 0 aliphatic heterocycles. The largest absolute Gasteiger partial charge is 0.396 e. The summed E-state index contributed by atoms with van der Waals surface area (Å²) in [5, 5.41) is 10.3. The molecule has 0 aliphatic rings. The van der Waals surface area contributed by atoms with Gasteiger partial charge in [-0.2, -0.15) is 0 Å². The van der Waals surface area contributed by atoms with Crippen LogP contribution in [0.5, 0.6) is 0 Å². The molecule has 1 N–H and O–H groups in total. The van der Waals surface area contributed by atoms with Crippen molar-refractivity contribution in [1.82, 2.24) is 4.57 Å². The van der Waals surface area contributed by atoms with Crippen molar-refractivity contribution in [2.24, 2.45) is 5.92 Å². The Kier molecular flexibility index (Phi) is 3.92. The molecular weight excluding hydrogens is 381 g/mol. The van der Waals surface area contributed by atoms with Gasteiger partial charge in [-0.1, -0.05) is 13.0 Å². The second kappa shape index (κ2) is 5.06. The first-order valence-electron chi connectivity index (χ1n) is 5.16. The number of aromatic nitrogens is 1. The Bertz CT molecular complexity index is 509. The van der Waals surface area contributed by atoms with Gasteiger partial charge in [0.2, 0.25) is 0 Å². The van der Waals surface area contributed by atoms with Crippen LogP contribution in [-0.2, 0) is 6.54 Å². The highest BCUT2D eigenvalue weighted by molar-refractivity contribution is 14.1. The van der Waals surface area contributed by atoms with Gasteiger partial charge in [0.05, 0.1) is 5.52 Å². The van der Waals surface area contributed by atoms with E-state index >= 15 is 0 Å². The van der Waals surface area contributed by atoms with Crippen molar-refractivity contribution in [2.45, 2.75) is 13.5 Å². The fourth-order valence-corrected chi connectivity index (χ4v) is 2.82. The zero-order valence-electron chi connectivity index (χ0n) is 8.95. The van der Waals surface area contributed by atoms with E-state index in [1.807, 2.05) is 6.92 Å². The van der Waals surface area contributed by atoms with Crippen LogP contribution in [0.15, 0.2) is 28.9 Å². The van der Waals surface area contributed by atoms with Gasteiger partial charge < -0.3 is 9.67 Å². The maximum atomic E-state index is 9.10. The lowest BCUT2D eigenvalue weighted by molar-refractivity contribution is 0.224. The molecule has 0 saturated carbocycles. The first kappa shape index (κ1) is 12.4. The van der Waals surface area contributed by atoms with Crippen molar-refractivity contribution >= 4 is 49.4 Å². The lowest BCUT2D eigenvalue weighted by Gasteiger charge is -2.10. The van der Waals surface area contributed by atoms with Crippen LogP contribution in [0.25, 0.3) is 10.9 Å². The molecule has 0 saturated heterocycles. The normalized spacial score (nSPS) is 13.2. The van der Waals surface area contributed by atoms with E-state index in [2.05, 4.69) is 67.5 Å². The van der Waals surface area contributed by atoms with Crippen LogP contribution in [0.4, 0.5) is 0 Å². The standard InChI is InChI=1S/C12H13BrINO/c1-8(7-16)5-15-6-11(13)10-3-2-9(14)4-12(10)15/h2-4,6,8,16H,5,7H2,1H3. The van der Waals surface area contributed by atoms with Crippen LogP contribution in [0, 0.1) is 9.49 Å². The minimum absolute atomic E-state index is 0.223. The van der Waals surface area contributed by atoms with Gasteiger partial charge in [-0.25, -0.2) is 0 Å². The fourth-order valence-electron chi connectivity index (χ4n) is 1.76. The minimum Gasteiger partial charge on any atom is -0.396 e. The van der Waals surface area contributed by atoms with E-state index in [1.165, 1.54) is 14.5 Å². The Morgan fingerprint density at radius 2 is 2.25 bits per heavy atom. The highest BCUT2D eigenvalue weighted by atomic mass is 127. The predicted octanol–water partition coefficient (Wildman–Crippen LogP) is 3.64. The molecule has 16 heavy (non-hydrogen) atoms. The van der Waals surface area contributed by atoms with Gasteiger partial charge in [-0.05, 0) is 56.6 Å². The third-order valence-electron chi connectivity index (χ3n) is 2.62. The van der Waals surface area contributed by atoms with Crippen molar-refractivity contribution in [3.63, 3.8) is 0 Å². The van der Waals surface area contributed by atoms with Crippen LogP contribution < -0.4 is 0 Å². The SMILES string of the molecule is CC(CO)Cn1cc(Br)c2ccc(I)cc21. The van der Waals surface area contributed by atoms with E-state index in [1.54, 1.807) is 0 Å². The van der Waals surface area contributed by atoms with E-state index in [9.17, 15) is 0 Å². The Morgan fingerprint density at radius 1 is 1.50 bits per heavy atom. The molecule has 0 amide bonds. The van der Waals surface area contributed by atoms with E-state index in [0.717, 1.165) is 11.0 Å². The molecule has 1 atom stereocenters. The van der Waals surface area contributed by atoms with Crippen LogP contribution >= 0.6 is 38.5 Å². The zero-order chi connectivity index (χ0) is 11.7. The Hall–Kier alpha value is -0.0700. The quantitative estimate of drug-likeness (QED) is 0.791. The Morgan fingerprint density at radius 3 is 2.94 bits per heavy atom. The summed E-state index contributed by atoms with van der Waals surface area (Å²) in [5.74, 6) is 0.278. The summed E-state index contributed by atoms with van der Waals surface area (Å²) in [6.45, 7) is 3.12. The van der Waals surface area contributed by atoms with Gasteiger partial charge in [0.15, 0.2) is 0 Å². The number of hydrogen-bond acceptors (Lipinski definition) is 1. The van der Waals surface area contributed by atoms with E-state index in [4.69, 9.17) is 5.11 Å². The molecular formula is C12H13BrINO. The highest BCUT2D eigenvalue weighted by Crippen LogP contribution is 2.28. The number of rotatable bonds is 3. The molecule has 1 heterocycles. The van der Waals surface area contributed by atoms with Gasteiger partial charge in [0, 0.05) is 32.8 Å². The van der Waals surface area contributed by atoms with Crippen LogP contribution in [0.1, 0.15) is 6.92 Å². The van der Waals surface area contributed by atoms with Crippen molar-refractivity contribution in [1.29, 1.82) is 0 Å². The number of benzene rings is 1. The first-order valence-corrected chi connectivity index (χ1v) is 7.03. The molecule has 1 aromatic heterocycles. The first-order chi connectivity index (χ1) is 7.61. The van der Waals surface area contributed by atoms with Crippen LogP contribution in [-0.4, -0.2) is 16.3 Å². The van der Waals surface area contributed by atoms with Crippen molar-refractivity contribution in [2.75, 3.05) is 6.61 Å². The summed E-state index contributed by atoms with van der Waals surface area (Å²) in [7, 11) is 0. The molecule has 0 aliphatic carbocycles. The monoisotopic (exact) mass is 393 g/mol. The molecule has 0 bridgehead atoms. The van der Waals surface area contributed by atoms with Gasteiger partial charge in [0.1, 0.15) is 0 Å². The smallest absolute Gasteiger partial charge is 0.0502 e. The van der Waals surface area contributed by atoms with Gasteiger partial charge >= 0.3 is 0 Å². The summed E-state index contributed by atoms with van der Waals surface area (Å²) >= 11 is 5.89. The zero-order valence-corrected chi connectivity index (χ0v) is 12.7. The van der Waals surface area contributed by atoms with Crippen molar-refractivity contribution in [3.05, 3.63) is 32.4 Å². The molecule has 0 radical (unpaired) electrons. The summed E-state index contributed by atoms with van der Waals surface area (Å²) < 4.78 is 4.54. The average Bonchev–Trinajstić information content (AvgIpc) is 2.55. The van der Waals surface area contributed by atoms with Gasteiger partial charge in [-0.15, -0.1) is 0 Å². The Labute approximate surface area is 117 Å². The molecule has 0 spiro atoms. The topological polar surface area (TPSA) is 25.2 Å². The number of hydrogen-bond donors (Lipinski definition) is 1. The second-order valence-electron chi connectivity index (χ2n) is 4.08. The van der Waals surface area contributed by atoms with Crippen LogP contribution in [0.3, 0.4) is 0 Å². The van der Waals surface area contributed by atoms with Crippen molar-refractivity contribution < 1.29 is 5.11 Å². The molecule has 0 fully saturated rings. The fraction of sp³-hybridized carbons (Fsp3) is 0.333. The molecule has 2 aromatic rings. The highest BCUT2D eigenvalue weighted by Gasteiger charge is 2.09. The van der Waals surface area contributed by atoms with Crippen molar-refractivity contribution in [3.8, 4) is 0 Å². The number of aliphatic hydroxyl groups excluding tert-OH is 1. The average molecular weight is 394 g/mol. The summed E-state index contributed by atoms with van der Waals surface area (Å²) in [5.41, 5.74) is 1.22. The van der Waals surface area contributed by atoms with E-state index < -0.39 is 0 Å². The minimum atomic E-state index is 0.223. The molecule has 86 valence electrons. The third kappa shape index (κ3) is 2.43. The maximum absolute atomic E-state index is 9.10. The van der Waals surface area contributed by atoms with E-state index in [-0.39, 0.29) is 12.5 Å². The summed E-state index contributed by atoms with van der Waals surface area (Å²) in [6.07, 6.45) is 2.09. The Balaban J connectivity index is 2.48. The number of fused-ring (bicyclic) bond motifs is 1. The van der Waals surface area contributed by atoms with E-state index in [0.29, 0.717) is 0 Å². The molecule has 4 heteroatoms. The number of aliphatic hydroxyl groups is 1. The maximum Gasteiger partial charge on any atom is 0.0502 e. The molecule has 1 unspecified atom stereocenters. The van der Waals surface area contributed by atoms with Crippen LogP contribution in [0.2, 0.25) is 0 Å². The molecule has 2 rings (SSSR count). The molecule has 2 nitrogen and oxygen atoms in total. The predicted molar refractivity (Wildman–Crippen MR) is 78.6 cm³/mol. The van der Waals surface area contributed by atoms with Gasteiger partial charge in [-0.3, -0.25) is 0 Å². The van der Waals surface area contributed by atoms with Gasteiger partial charge in [0.25, 0.3) is 0 Å². The summed E-state index contributed by atoms with van der Waals surface area (Å²) in [6, 6.07) is 6.40. The lowest BCUT2D eigenvalue weighted by Crippen LogP contribution is -2.10. The lowest BCUT2D eigenvalue weighted by atomic mass is 10.2. The second-order valence-corrected chi connectivity index (χ2v) is 6.18. The number of nitrogens with zero attached hydrogens (tertiary/aromatic N) is 1. The summed E-state index contributed by atoms with van der Waals surface area (Å²) in [4.78, 5) is 0. The third-order valence-corrected chi connectivity index (χ3v) is 3.92.